The molecule has 0 aliphatic rings. The molecule has 33 heavy (non-hydrogen) atoms. The molecular weight excluding hydrogens is 434 g/mol. The van der Waals surface area contributed by atoms with Gasteiger partial charge in [0.15, 0.2) is 4.77 Å². The molecule has 4 rings (SSSR count). The molecule has 0 saturated heterocycles. The van der Waals surface area contributed by atoms with Crippen LogP contribution < -0.4 is 5.56 Å². The number of nitrogens with zero attached hydrogens (tertiary/aromatic N) is 4. The minimum atomic E-state index is -0.0683. The van der Waals surface area contributed by atoms with Crippen LogP contribution >= 0.6 is 12.2 Å². The lowest BCUT2D eigenvalue weighted by Gasteiger charge is -2.16. The van der Waals surface area contributed by atoms with Gasteiger partial charge in [-0.2, -0.15) is 5.10 Å². The van der Waals surface area contributed by atoms with Crippen molar-refractivity contribution in [3.8, 4) is 5.69 Å². The lowest BCUT2D eigenvalue weighted by molar-refractivity contribution is -0.130. The molecule has 1 N–H and O–H groups in total. The second-order valence-corrected chi connectivity index (χ2v) is 8.51. The van der Waals surface area contributed by atoms with E-state index in [1.807, 2.05) is 66.5 Å². The van der Waals surface area contributed by atoms with Gasteiger partial charge in [0.25, 0.3) is 5.56 Å². The number of hydrogen-bond donors (Lipinski definition) is 1. The van der Waals surface area contributed by atoms with E-state index >= 15 is 0 Å². The van der Waals surface area contributed by atoms with Gasteiger partial charge in [0.05, 0.1) is 22.8 Å². The fourth-order valence-electron chi connectivity index (χ4n) is 3.84. The summed E-state index contributed by atoms with van der Waals surface area (Å²) in [5, 5.41) is 5.02. The number of hydrogen-bond acceptors (Lipinski definition) is 4. The van der Waals surface area contributed by atoms with Gasteiger partial charge in [0.1, 0.15) is 0 Å². The van der Waals surface area contributed by atoms with E-state index in [0.717, 1.165) is 36.0 Å². The Morgan fingerprint density at radius 3 is 2.64 bits per heavy atom. The van der Waals surface area contributed by atoms with E-state index in [0.29, 0.717) is 29.7 Å². The standard InChI is InChI=1S/C25H27N5O2S/c1-28(17-19-16-26-30(18-19)20-10-4-2-5-11-20)23(31)14-6-3-9-15-29-24(32)21-12-7-8-13-22(21)27-25(29)33/h2,4-5,7-8,10-13,16,18H,3,6,9,14-15,17H2,1H3,(H,27,33). The second kappa shape index (κ2) is 10.4. The summed E-state index contributed by atoms with van der Waals surface area (Å²) in [6.45, 7) is 1.06. The van der Waals surface area contributed by atoms with E-state index in [1.165, 1.54) is 0 Å². The predicted octanol–water partition coefficient (Wildman–Crippen LogP) is 4.46. The van der Waals surface area contributed by atoms with Crippen molar-refractivity contribution in [2.75, 3.05) is 7.05 Å². The fourth-order valence-corrected chi connectivity index (χ4v) is 4.13. The van der Waals surface area contributed by atoms with Gasteiger partial charge in [0, 0.05) is 38.3 Å². The Kier molecular flexibility index (Phi) is 7.14. The Balaban J connectivity index is 1.24. The third-order valence-electron chi connectivity index (χ3n) is 5.66. The number of rotatable bonds is 9. The van der Waals surface area contributed by atoms with Crippen molar-refractivity contribution in [1.82, 2.24) is 24.2 Å². The highest BCUT2D eigenvalue weighted by Crippen LogP contribution is 2.11. The number of amides is 1. The Labute approximate surface area is 197 Å². The van der Waals surface area contributed by atoms with Crippen molar-refractivity contribution in [2.45, 2.75) is 38.8 Å². The zero-order valence-corrected chi connectivity index (χ0v) is 19.4. The van der Waals surface area contributed by atoms with Crippen LogP contribution in [0.15, 0.2) is 71.8 Å². The summed E-state index contributed by atoms with van der Waals surface area (Å²) >= 11 is 5.36. The SMILES string of the molecule is CN(Cc1cnn(-c2ccccc2)c1)C(=O)CCCCCn1c(=S)[nH]c2ccccc2c1=O. The highest BCUT2D eigenvalue weighted by Gasteiger charge is 2.11. The number of fused-ring (bicyclic) bond motifs is 1. The van der Waals surface area contributed by atoms with Crippen molar-refractivity contribution >= 4 is 29.0 Å². The third-order valence-corrected chi connectivity index (χ3v) is 5.99. The number of carbonyl (C=O) groups is 1. The molecule has 2 aromatic carbocycles. The molecule has 0 saturated carbocycles. The van der Waals surface area contributed by atoms with E-state index in [4.69, 9.17) is 12.2 Å². The molecule has 2 heterocycles. The molecular formula is C25H27N5O2S. The number of para-hydroxylation sites is 2. The largest absolute Gasteiger partial charge is 0.341 e. The minimum absolute atomic E-state index is 0.0683. The van der Waals surface area contributed by atoms with Crippen LogP contribution in [-0.2, 0) is 17.9 Å². The number of nitrogens with one attached hydrogen (secondary N) is 1. The van der Waals surface area contributed by atoms with Gasteiger partial charge in [-0.1, -0.05) is 36.8 Å². The van der Waals surface area contributed by atoms with Gasteiger partial charge < -0.3 is 9.88 Å². The topological polar surface area (TPSA) is 75.9 Å². The first-order valence-electron chi connectivity index (χ1n) is 11.1. The van der Waals surface area contributed by atoms with E-state index in [2.05, 4.69) is 10.1 Å². The second-order valence-electron chi connectivity index (χ2n) is 8.12. The first-order valence-corrected chi connectivity index (χ1v) is 11.5. The Hall–Kier alpha value is -3.52. The zero-order valence-electron chi connectivity index (χ0n) is 18.6. The number of aromatic nitrogens is 4. The smallest absolute Gasteiger partial charge is 0.262 e. The first kappa shape index (κ1) is 22.7. The van der Waals surface area contributed by atoms with Crippen LogP contribution in [0.2, 0.25) is 0 Å². The first-order chi connectivity index (χ1) is 16.0. The highest BCUT2D eigenvalue weighted by molar-refractivity contribution is 7.71. The van der Waals surface area contributed by atoms with E-state index in [9.17, 15) is 9.59 Å². The fraction of sp³-hybridized carbons (Fsp3) is 0.280. The maximum atomic E-state index is 12.7. The average molecular weight is 462 g/mol. The van der Waals surface area contributed by atoms with Crippen LogP contribution in [0.1, 0.15) is 31.2 Å². The normalized spacial score (nSPS) is 11.1. The van der Waals surface area contributed by atoms with Crippen molar-refractivity contribution in [3.05, 3.63) is 87.7 Å². The quantitative estimate of drug-likeness (QED) is 0.295. The van der Waals surface area contributed by atoms with Crippen molar-refractivity contribution < 1.29 is 4.79 Å². The third kappa shape index (κ3) is 5.46. The van der Waals surface area contributed by atoms with Crippen LogP contribution in [0.5, 0.6) is 0 Å². The van der Waals surface area contributed by atoms with Crippen LogP contribution in [0.4, 0.5) is 0 Å². The summed E-state index contributed by atoms with van der Waals surface area (Å²) in [4.78, 5) is 30.1. The number of unbranched alkanes of at least 4 members (excludes halogenated alkanes) is 2. The Morgan fingerprint density at radius 2 is 1.82 bits per heavy atom. The van der Waals surface area contributed by atoms with Gasteiger partial charge >= 0.3 is 0 Å². The maximum absolute atomic E-state index is 12.7. The van der Waals surface area contributed by atoms with Gasteiger partial charge in [-0.05, 0) is 49.3 Å². The van der Waals surface area contributed by atoms with Gasteiger partial charge in [-0.25, -0.2) is 4.68 Å². The zero-order chi connectivity index (χ0) is 23.2. The van der Waals surface area contributed by atoms with Crippen LogP contribution in [0.25, 0.3) is 16.6 Å². The maximum Gasteiger partial charge on any atom is 0.262 e. The Bertz CT molecular complexity index is 1360. The van der Waals surface area contributed by atoms with Gasteiger partial charge in [-0.3, -0.25) is 14.2 Å². The summed E-state index contributed by atoms with van der Waals surface area (Å²) in [5.41, 5.74) is 2.66. The number of H-pyrrole nitrogens is 1. The van der Waals surface area contributed by atoms with Crippen LogP contribution in [0, 0.1) is 4.77 Å². The summed E-state index contributed by atoms with van der Waals surface area (Å²) in [7, 11) is 1.82. The number of benzene rings is 2. The van der Waals surface area contributed by atoms with Crippen molar-refractivity contribution in [2.24, 2.45) is 0 Å². The molecule has 0 bridgehead atoms. The predicted molar refractivity (Wildman–Crippen MR) is 132 cm³/mol. The van der Waals surface area contributed by atoms with E-state index in [1.54, 1.807) is 21.7 Å². The summed E-state index contributed by atoms with van der Waals surface area (Å²) in [6, 6.07) is 17.3. The van der Waals surface area contributed by atoms with Crippen molar-refractivity contribution in [3.63, 3.8) is 0 Å². The molecule has 8 heteroatoms. The number of carbonyl (C=O) groups excluding carboxylic acids is 1. The highest BCUT2D eigenvalue weighted by atomic mass is 32.1. The minimum Gasteiger partial charge on any atom is -0.341 e. The molecule has 0 fully saturated rings. The van der Waals surface area contributed by atoms with Crippen LogP contribution in [0.3, 0.4) is 0 Å². The summed E-state index contributed by atoms with van der Waals surface area (Å²) in [6.07, 6.45) is 6.62. The lowest BCUT2D eigenvalue weighted by atomic mass is 10.1. The van der Waals surface area contributed by atoms with Crippen molar-refractivity contribution in [1.29, 1.82) is 0 Å². The van der Waals surface area contributed by atoms with Gasteiger partial charge in [0.2, 0.25) is 5.91 Å². The molecule has 0 atom stereocenters. The molecule has 4 aromatic rings. The molecule has 7 nitrogen and oxygen atoms in total. The molecule has 0 unspecified atom stereocenters. The number of aromatic amines is 1. The molecule has 170 valence electrons. The summed E-state index contributed by atoms with van der Waals surface area (Å²) < 4.78 is 3.86. The molecule has 2 aromatic heterocycles. The molecule has 0 aliphatic heterocycles. The summed E-state index contributed by atoms with van der Waals surface area (Å²) in [5.74, 6) is 0.0997. The van der Waals surface area contributed by atoms with E-state index in [-0.39, 0.29) is 11.5 Å². The lowest BCUT2D eigenvalue weighted by Crippen LogP contribution is -2.25. The average Bonchev–Trinajstić information content (AvgIpc) is 3.29. The van der Waals surface area contributed by atoms with Crippen LogP contribution in [-0.4, -0.2) is 37.2 Å². The molecule has 1 amide bonds. The molecule has 0 spiro atoms. The molecule has 0 radical (unpaired) electrons. The van der Waals surface area contributed by atoms with E-state index < -0.39 is 0 Å². The molecule has 0 aliphatic carbocycles. The monoisotopic (exact) mass is 461 g/mol. The Morgan fingerprint density at radius 1 is 1.06 bits per heavy atom. The van der Waals surface area contributed by atoms with Gasteiger partial charge in [-0.15, -0.1) is 0 Å².